The van der Waals surface area contributed by atoms with Gasteiger partial charge in [-0.15, -0.1) is 0 Å². The molecule has 1 aromatic rings. The highest BCUT2D eigenvalue weighted by atomic mass is 16.5. The van der Waals surface area contributed by atoms with Gasteiger partial charge in [-0.2, -0.15) is 0 Å². The van der Waals surface area contributed by atoms with Crippen LogP contribution in [0, 0.1) is 0 Å². The number of benzene rings is 1. The Kier molecular flexibility index (Phi) is 5.05. The maximum atomic E-state index is 5.29. The zero-order chi connectivity index (χ0) is 13.7. The van der Waals surface area contributed by atoms with Gasteiger partial charge in [0.25, 0.3) is 0 Å². The largest absolute Gasteiger partial charge is 0.497 e. The minimum absolute atomic E-state index is 0.559. The molecule has 1 aliphatic heterocycles. The lowest BCUT2D eigenvalue weighted by Crippen LogP contribution is -2.49. The number of likely N-dealkylation sites (N-methyl/N-ethyl adjacent to an activating group) is 1. The van der Waals surface area contributed by atoms with Gasteiger partial charge in [0.1, 0.15) is 5.75 Å². The second kappa shape index (κ2) is 6.78. The van der Waals surface area contributed by atoms with E-state index in [9.17, 15) is 0 Å². The second-order valence-corrected chi connectivity index (χ2v) is 5.18. The van der Waals surface area contributed by atoms with Crippen molar-refractivity contribution in [3.63, 3.8) is 0 Å². The lowest BCUT2D eigenvalue weighted by atomic mass is 10.2. The summed E-state index contributed by atoms with van der Waals surface area (Å²) >= 11 is 0. The summed E-state index contributed by atoms with van der Waals surface area (Å²) in [6.45, 7) is 7.79. The Morgan fingerprint density at radius 1 is 1.26 bits per heavy atom. The SMILES string of the molecule is CNC(C)CN1CCN(c2cccc(OC)c2)CC1. The Hall–Kier alpha value is -1.26. The molecule has 1 aromatic carbocycles. The number of nitrogens with one attached hydrogen (secondary N) is 1. The molecule has 4 nitrogen and oxygen atoms in total. The Morgan fingerprint density at radius 2 is 2.00 bits per heavy atom. The van der Waals surface area contributed by atoms with E-state index in [2.05, 4.69) is 40.2 Å². The van der Waals surface area contributed by atoms with Gasteiger partial charge in [-0.1, -0.05) is 6.07 Å². The molecule has 0 spiro atoms. The molecule has 1 N–H and O–H groups in total. The molecule has 1 saturated heterocycles. The molecule has 2 rings (SSSR count). The first-order valence-electron chi connectivity index (χ1n) is 7.01. The summed E-state index contributed by atoms with van der Waals surface area (Å²) in [6.07, 6.45) is 0. The monoisotopic (exact) mass is 263 g/mol. The molecule has 0 aromatic heterocycles. The molecular weight excluding hydrogens is 238 g/mol. The first-order valence-corrected chi connectivity index (χ1v) is 7.01. The molecule has 1 heterocycles. The highest BCUT2D eigenvalue weighted by molar-refractivity contribution is 5.51. The summed E-state index contributed by atoms with van der Waals surface area (Å²) in [6, 6.07) is 8.89. The molecule has 19 heavy (non-hydrogen) atoms. The molecule has 0 radical (unpaired) electrons. The molecule has 1 fully saturated rings. The molecule has 0 amide bonds. The number of anilines is 1. The summed E-state index contributed by atoms with van der Waals surface area (Å²) in [4.78, 5) is 4.96. The quantitative estimate of drug-likeness (QED) is 0.869. The normalized spacial score (nSPS) is 18.4. The minimum Gasteiger partial charge on any atom is -0.497 e. The molecule has 4 heteroatoms. The first kappa shape index (κ1) is 14.2. The van der Waals surface area contributed by atoms with Crippen molar-refractivity contribution in [3.05, 3.63) is 24.3 Å². The third-order valence-electron chi connectivity index (χ3n) is 3.82. The van der Waals surface area contributed by atoms with Gasteiger partial charge in [0.2, 0.25) is 0 Å². The predicted molar refractivity (Wildman–Crippen MR) is 80.2 cm³/mol. The summed E-state index contributed by atoms with van der Waals surface area (Å²) in [5, 5.41) is 3.30. The molecule has 1 unspecified atom stereocenters. The van der Waals surface area contributed by atoms with E-state index >= 15 is 0 Å². The van der Waals surface area contributed by atoms with Gasteiger partial charge >= 0.3 is 0 Å². The molecule has 0 saturated carbocycles. The van der Waals surface area contributed by atoms with Crippen LogP contribution >= 0.6 is 0 Å². The third-order valence-corrected chi connectivity index (χ3v) is 3.82. The van der Waals surface area contributed by atoms with Crippen molar-refractivity contribution in [1.82, 2.24) is 10.2 Å². The second-order valence-electron chi connectivity index (χ2n) is 5.18. The standard InChI is InChI=1S/C15H25N3O/c1-13(16-2)12-17-7-9-18(10-8-17)14-5-4-6-15(11-14)19-3/h4-6,11,13,16H,7-10,12H2,1-3H3. The third kappa shape index (κ3) is 3.85. The Labute approximate surface area is 116 Å². The maximum absolute atomic E-state index is 5.29. The average Bonchev–Trinajstić information content (AvgIpc) is 2.48. The van der Waals surface area contributed by atoms with Crippen molar-refractivity contribution in [1.29, 1.82) is 0 Å². The van der Waals surface area contributed by atoms with E-state index in [-0.39, 0.29) is 0 Å². The molecular formula is C15H25N3O. The van der Waals surface area contributed by atoms with Gasteiger partial charge in [-0.3, -0.25) is 4.90 Å². The van der Waals surface area contributed by atoms with Crippen molar-refractivity contribution in [3.8, 4) is 5.75 Å². The van der Waals surface area contributed by atoms with Crippen LogP contribution in [0.4, 0.5) is 5.69 Å². The molecule has 1 aliphatic rings. The van der Waals surface area contributed by atoms with Crippen LogP contribution in [0.15, 0.2) is 24.3 Å². The molecule has 0 bridgehead atoms. The van der Waals surface area contributed by atoms with E-state index in [1.807, 2.05) is 13.1 Å². The zero-order valence-electron chi connectivity index (χ0n) is 12.2. The van der Waals surface area contributed by atoms with E-state index in [4.69, 9.17) is 4.74 Å². The van der Waals surface area contributed by atoms with Crippen molar-refractivity contribution < 1.29 is 4.74 Å². The van der Waals surface area contributed by atoms with Crippen molar-refractivity contribution in [2.45, 2.75) is 13.0 Å². The lowest BCUT2D eigenvalue weighted by Gasteiger charge is -2.37. The van der Waals surface area contributed by atoms with Crippen LogP contribution < -0.4 is 15.0 Å². The van der Waals surface area contributed by atoms with Crippen LogP contribution in [0.3, 0.4) is 0 Å². The number of piperazine rings is 1. The van der Waals surface area contributed by atoms with Crippen molar-refractivity contribution in [2.24, 2.45) is 0 Å². The van der Waals surface area contributed by atoms with E-state index in [0.29, 0.717) is 6.04 Å². The van der Waals surface area contributed by atoms with Crippen molar-refractivity contribution >= 4 is 5.69 Å². The number of rotatable bonds is 5. The van der Waals surface area contributed by atoms with E-state index in [1.54, 1.807) is 7.11 Å². The van der Waals surface area contributed by atoms with Crippen LogP contribution in [0.1, 0.15) is 6.92 Å². The number of nitrogens with zero attached hydrogens (tertiary/aromatic N) is 2. The topological polar surface area (TPSA) is 27.7 Å². The Bertz CT molecular complexity index is 389. The van der Waals surface area contributed by atoms with Crippen molar-refractivity contribution in [2.75, 3.05) is 51.8 Å². The van der Waals surface area contributed by atoms with E-state index < -0.39 is 0 Å². The highest BCUT2D eigenvalue weighted by Gasteiger charge is 2.18. The van der Waals surface area contributed by atoms with Gasteiger partial charge < -0.3 is 15.0 Å². The number of hydrogen-bond acceptors (Lipinski definition) is 4. The van der Waals surface area contributed by atoms with Crippen LogP contribution in [0.5, 0.6) is 5.75 Å². The Balaban J connectivity index is 1.88. The van der Waals surface area contributed by atoms with Crippen LogP contribution in [-0.2, 0) is 0 Å². The fourth-order valence-corrected chi connectivity index (χ4v) is 2.47. The smallest absolute Gasteiger partial charge is 0.120 e. The molecule has 106 valence electrons. The molecule has 0 aliphatic carbocycles. The van der Waals surface area contributed by atoms with Crippen LogP contribution in [0.25, 0.3) is 0 Å². The fraction of sp³-hybridized carbons (Fsp3) is 0.600. The van der Waals surface area contributed by atoms with Gasteiger partial charge in [-0.05, 0) is 26.1 Å². The van der Waals surface area contributed by atoms with Gasteiger partial charge in [0.05, 0.1) is 7.11 Å². The number of ether oxygens (including phenoxy) is 1. The Morgan fingerprint density at radius 3 is 2.63 bits per heavy atom. The zero-order valence-corrected chi connectivity index (χ0v) is 12.2. The maximum Gasteiger partial charge on any atom is 0.120 e. The van der Waals surface area contributed by atoms with Crippen LogP contribution in [-0.4, -0.2) is 57.8 Å². The number of methoxy groups -OCH3 is 1. The summed E-state index contributed by atoms with van der Waals surface area (Å²) in [7, 11) is 3.74. The van der Waals surface area contributed by atoms with E-state index in [0.717, 1.165) is 38.5 Å². The lowest BCUT2D eigenvalue weighted by molar-refractivity contribution is 0.237. The average molecular weight is 263 g/mol. The highest BCUT2D eigenvalue weighted by Crippen LogP contribution is 2.22. The van der Waals surface area contributed by atoms with Crippen LogP contribution in [0.2, 0.25) is 0 Å². The van der Waals surface area contributed by atoms with Gasteiger partial charge in [0, 0.05) is 50.5 Å². The molecule has 1 atom stereocenters. The summed E-state index contributed by atoms with van der Waals surface area (Å²) < 4.78 is 5.29. The fourth-order valence-electron chi connectivity index (χ4n) is 2.47. The summed E-state index contributed by atoms with van der Waals surface area (Å²) in [5.41, 5.74) is 1.26. The van der Waals surface area contributed by atoms with Gasteiger partial charge in [-0.25, -0.2) is 0 Å². The van der Waals surface area contributed by atoms with Gasteiger partial charge in [0.15, 0.2) is 0 Å². The number of hydrogen-bond donors (Lipinski definition) is 1. The van der Waals surface area contributed by atoms with E-state index in [1.165, 1.54) is 5.69 Å². The minimum atomic E-state index is 0.559. The first-order chi connectivity index (χ1) is 9.22. The predicted octanol–water partition coefficient (Wildman–Crippen LogP) is 1.43. The summed E-state index contributed by atoms with van der Waals surface area (Å²) in [5.74, 6) is 0.934.